The van der Waals surface area contributed by atoms with Crippen molar-refractivity contribution >= 4 is 28.0 Å². The first-order valence-electron chi connectivity index (χ1n) is 4.64. The molecule has 0 saturated heterocycles. The Morgan fingerprint density at radius 1 is 1.41 bits per heavy atom. The Balaban J connectivity index is 2.08. The SMILES string of the molecule is NC(=NN=Cc1ccc(Br)o1)c1cnccn1. The number of hydrogen-bond acceptors (Lipinski definition) is 5. The molecule has 0 aliphatic rings. The molecule has 6 nitrogen and oxygen atoms in total. The summed E-state index contributed by atoms with van der Waals surface area (Å²) in [4.78, 5) is 7.86. The number of amidine groups is 1. The van der Waals surface area contributed by atoms with Crippen LogP contribution in [0.1, 0.15) is 11.5 Å². The van der Waals surface area contributed by atoms with Crippen LogP contribution in [0.3, 0.4) is 0 Å². The van der Waals surface area contributed by atoms with Crippen LogP contribution in [0.4, 0.5) is 0 Å². The molecule has 0 atom stereocenters. The van der Waals surface area contributed by atoms with Crippen molar-refractivity contribution < 1.29 is 4.42 Å². The van der Waals surface area contributed by atoms with Gasteiger partial charge in [0.05, 0.1) is 12.4 Å². The van der Waals surface area contributed by atoms with Gasteiger partial charge in [0.2, 0.25) is 0 Å². The quantitative estimate of drug-likeness (QED) is 0.528. The van der Waals surface area contributed by atoms with Crippen LogP contribution in [0.2, 0.25) is 0 Å². The standard InChI is InChI=1S/C10H8BrN5O/c11-9-2-1-7(17-9)5-15-16-10(12)8-6-13-3-4-14-8/h1-6H,(H2,12,16). The van der Waals surface area contributed by atoms with Crippen molar-refractivity contribution in [2.45, 2.75) is 0 Å². The fourth-order valence-electron chi connectivity index (χ4n) is 1.03. The largest absolute Gasteiger partial charge is 0.448 e. The van der Waals surface area contributed by atoms with Crippen LogP contribution in [0, 0.1) is 0 Å². The predicted molar refractivity (Wildman–Crippen MR) is 66.8 cm³/mol. The Bertz CT molecular complexity index is 549. The lowest BCUT2D eigenvalue weighted by Crippen LogP contribution is -2.14. The van der Waals surface area contributed by atoms with Crippen LogP contribution < -0.4 is 5.73 Å². The summed E-state index contributed by atoms with van der Waals surface area (Å²) in [6, 6.07) is 3.51. The lowest BCUT2D eigenvalue weighted by molar-refractivity contribution is 0.534. The lowest BCUT2D eigenvalue weighted by Gasteiger charge is -1.94. The molecule has 2 rings (SSSR count). The molecule has 17 heavy (non-hydrogen) atoms. The molecule has 2 aromatic heterocycles. The van der Waals surface area contributed by atoms with Gasteiger partial charge in [-0.25, -0.2) is 4.98 Å². The molecule has 2 N–H and O–H groups in total. The molecular formula is C10H8BrN5O. The van der Waals surface area contributed by atoms with Gasteiger partial charge in [0.15, 0.2) is 10.5 Å². The summed E-state index contributed by atoms with van der Waals surface area (Å²) in [5.41, 5.74) is 6.14. The Kier molecular flexibility index (Phi) is 3.61. The zero-order valence-electron chi connectivity index (χ0n) is 8.62. The molecule has 7 heteroatoms. The molecule has 0 amide bonds. The zero-order chi connectivity index (χ0) is 12.1. The Hall–Kier alpha value is -2.02. The van der Waals surface area contributed by atoms with Gasteiger partial charge in [-0.2, -0.15) is 5.10 Å². The maximum atomic E-state index is 5.66. The summed E-state index contributed by atoms with van der Waals surface area (Å²) in [6.07, 6.45) is 6.05. The van der Waals surface area contributed by atoms with Gasteiger partial charge in [0, 0.05) is 12.4 Å². The van der Waals surface area contributed by atoms with E-state index < -0.39 is 0 Å². The van der Waals surface area contributed by atoms with Crippen LogP contribution in [0.25, 0.3) is 0 Å². The summed E-state index contributed by atoms with van der Waals surface area (Å²) in [7, 11) is 0. The lowest BCUT2D eigenvalue weighted by atomic mass is 10.4. The van der Waals surface area contributed by atoms with Gasteiger partial charge in [-0.05, 0) is 28.1 Å². The Morgan fingerprint density at radius 3 is 2.94 bits per heavy atom. The minimum absolute atomic E-state index is 0.194. The molecule has 0 bridgehead atoms. The smallest absolute Gasteiger partial charge is 0.173 e. The molecule has 0 aromatic carbocycles. The Morgan fingerprint density at radius 2 is 2.29 bits per heavy atom. The van der Waals surface area contributed by atoms with E-state index in [0.29, 0.717) is 16.1 Å². The van der Waals surface area contributed by atoms with Crippen molar-refractivity contribution in [3.8, 4) is 0 Å². The number of aromatic nitrogens is 2. The number of furan rings is 1. The van der Waals surface area contributed by atoms with E-state index >= 15 is 0 Å². The summed E-state index contributed by atoms with van der Waals surface area (Å²) in [6.45, 7) is 0. The van der Waals surface area contributed by atoms with E-state index in [2.05, 4.69) is 36.1 Å². The van der Waals surface area contributed by atoms with Crippen molar-refractivity contribution in [3.63, 3.8) is 0 Å². The third kappa shape index (κ3) is 3.22. The third-order valence-electron chi connectivity index (χ3n) is 1.77. The predicted octanol–water partition coefficient (Wildman–Crippen LogP) is 1.57. The fourth-order valence-corrected chi connectivity index (χ4v) is 1.35. The van der Waals surface area contributed by atoms with Gasteiger partial charge in [0.1, 0.15) is 11.5 Å². The number of nitrogens with zero attached hydrogens (tertiary/aromatic N) is 4. The van der Waals surface area contributed by atoms with E-state index in [9.17, 15) is 0 Å². The number of hydrogen-bond donors (Lipinski definition) is 1. The minimum atomic E-state index is 0.194. The van der Waals surface area contributed by atoms with Crippen molar-refractivity contribution in [3.05, 3.63) is 46.8 Å². The summed E-state index contributed by atoms with van der Waals surface area (Å²) < 4.78 is 5.83. The van der Waals surface area contributed by atoms with Crippen molar-refractivity contribution in [2.24, 2.45) is 15.9 Å². The number of nitrogens with two attached hydrogens (primary N) is 1. The molecule has 0 aliphatic carbocycles. The molecule has 0 fully saturated rings. The minimum Gasteiger partial charge on any atom is -0.448 e. The van der Waals surface area contributed by atoms with Gasteiger partial charge in [-0.3, -0.25) is 4.98 Å². The average Bonchev–Trinajstić information content (AvgIpc) is 2.76. The number of halogens is 1. The van der Waals surface area contributed by atoms with Gasteiger partial charge < -0.3 is 10.2 Å². The highest BCUT2D eigenvalue weighted by molar-refractivity contribution is 9.10. The van der Waals surface area contributed by atoms with Gasteiger partial charge >= 0.3 is 0 Å². The van der Waals surface area contributed by atoms with Gasteiger partial charge in [-0.15, -0.1) is 5.10 Å². The number of rotatable bonds is 3. The van der Waals surface area contributed by atoms with E-state index in [-0.39, 0.29) is 5.84 Å². The second-order valence-corrected chi connectivity index (χ2v) is 3.74. The maximum absolute atomic E-state index is 5.66. The highest BCUT2D eigenvalue weighted by Gasteiger charge is 1.98. The molecule has 0 aliphatic heterocycles. The monoisotopic (exact) mass is 293 g/mol. The first kappa shape index (κ1) is 11.5. The van der Waals surface area contributed by atoms with E-state index in [1.54, 1.807) is 18.3 Å². The third-order valence-corrected chi connectivity index (χ3v) is 2.20. The molecule has 0 spiro atoms. The second kappa shape index (κ2) is 5.35. The summed E-state index contributed by atoms with van der Waals surface area (Å²) >= 11 is 3.18. The molecule has 0 saturated carbocycles. The van der Waals surface area contributed by atoms with Gasteiger partial charge in [0.25, 0.3) is 0 Å². The molecule has 2 heterocycles. The van der Waals surface area contributed by atoms with Crippen LogP contribution in [0.5, 0.6) is 0 Å². The fraction of sp³-hybridized carbons (Fsp3) is 0. The molecule has 86 valence electrons. The molecular weight excluding hydrogens is 286 g/mol. The molecule has 0 radical (unpaired) electrons. The highest BCUT2D eigenvalue weighted by atomic mass is 79.9. The summed E-state index contributed by atoms with van der Waals surface area (Å²) in [5, 5.41) is 7.57. The zero-order valence-corrected chi connectivity index (χ0v) is 10.2. The van der Waals surface area contributed by atoms with E-state index in [0.717, 1.165) is 0 Å². The highest BCUT2D eigenvalue weighted by Crippen LogP contribution is 2.12. The first-order chi connectivity index (χ1) is 8.25. The Labute approximate surface area is 105 Å². The van der Waals surface area contributed by atoms with Crippen molar-refractivity contribution in [1.82, 2.24) is 9.97 Å². The van der Waals surface area contributed by atoms with E-state index in [1.807, 2.05) is 0 Å². The van der Waals surface area contributed by atoms with Crippen LogP contribution in [-0.2, 0) is 0 Å². The topological polar surface area (TPSA) is 89.7 Å². The van der Waals surface area contributed by atoms with Crippen LogP contribution >= 0.6 is 15.9 Å². The summed E-state index contributed by atoms with van der Waals surface area (Å²) in [5.74, 6) is 0.771. The molecule has 2 aromatic rings. The first-order valence-corrected chi connectivity index (χ1v) is 5.43. The second-order valence-electron chi connectivity index (χ2n) is 2.96. The van der Waals surface area contributed by atoms with Crippen molar-refractivity contribution in [1.29, 1.82) is 0 Å². The van der Waals surface area contributed by atoms with Crippen LogP contribution in [-0.4, -0.2) is 22.0 Å². The van der Waals surface area contributed by atoms with Crippen molar-refractivity contribution in [2.75, 3.05) is 0 Å². The molecule has 0 unspecified atom stereocenters. The van der Waals surface area contributed by atoms with Gasteiger partial charge in [-0.1, -0.05) is 0 Å². The normalized spacial score (nSPS) is 12.2. The average molecular weight is 294 g/mol. The van der Waals surface area contributed by atoms with Crippen LogP contribution in [0.15, 0.2) is 50.0 Å². The maximum Gasteiger partial charge on any atom is 0.173 e. The van der Waals surface area contributed by atoms with E-state index in [1.165, 1.54) is 18.6 Å². The van der Waals surface area contributed by atoms with E-state index in [4.69, 9.17) is 10.2 Å².